The van der Waals surface area contributed by atoms with Crippen LogP contribution < -0.4 is 11.3 Å². The normalized spacial score (nSPS) is 10.9. The Morgan fingerprint density at radius 2 is 2.36 bits per heavy atom. The van der Waals surface area contributed by atoms with Crippen molar-refractivity contribution in [3.8, 4) is 0 Å². The lowest BCUT2D eigenvalue weighted by atomic mass is 10.1. The minimum atomic E-state index is 0.428. The van der Waals surface area contributed by atoms with Crippen molar-refractivity contribution in [2.45, 2.75) is 26.3 Å². The van der Waals surface area contributed by atoms with E-state index < -0.39 is 0 Å². The molecule has 11 heavy (non-hydrogen) atoms. The zero-order valence-electron chi connectivity index (χ0n) is 6.66. The van der Waals surface area contributed by atoms with Crippen LogP contribution in [0.25, 0.3) is 0 Å². The maximum absolute atomic E-state index is 5.19. The Bertz CT molecular complexity index is 220. The monoisotopic (exact) mass is 172 g/mol. The molecule has 5 heteroatoms. The standard InChI is InChI=1S/C6H12N4S/c1-4(2)6-5(3-8-7)11-10-9-6/h4,8H,3,7H2,1-2H3. The van der Waals surface area contributed by atoms with Crippen molar-refractivity contribution >= 4 is 11.5 Å². The van der Waals surface area contributed by atoms with Gasteiger partial charge in [0.1, 0.15) is 0 Å². The Morgan fingerprint density at radius 1 is 1.64 bits per heavy atom. The second-order valence-electron chi connectivity index (χ2n) is 2.62. The SMILES string of the molecule is CC(C)c1nnsc1CNN. The Kier molecular flexibility index (Phi) is 2.92. The van der Waals surface area contributed by atoms with Gasteiger partial charge in [0.2, 0.25) is 0 Å². The molecule has 0 aliphatic carbocycles. The quantitative estimate of drug-likeness (QED) is 0.518. The summed E-state index contributed by atoms with van der Waals surface area (Å²) in [6, 6.07) is 0. The number of hydrogen-bond donors (Lipinski definition) is 2. The summed E-state index contributed by atoms with van der Waals surface area (Å²) < 4.78 is 3.86. The topological polar surface area (TPSA) is 63.8 Å². The van der Waals surface area contributed by atoms with Crippen molar-refractivity contribution in [1.29, 1.82) is 0 Å². The molecule has 62 valence electrons. The molecule has 0 aliphatic heterocycles. The zero-order chi connectivity index (χ0) is 8.27. The molecule has 1 heterocycles. The molecular weight excluding hydrogens is 160 g/mol. The first kappa shape index (κ1) is 8.58. The maximum Gasteiger partial charge on any atom is 0.0826 e. The van der Waals surface area contributed by atoms with E-state index >= 15 is 0 Å². The van der Waals surface area contributed by atoms with E-state index in [1.807, 2.05) is 0 Å². The number of rotatable bonds is 3. The molecule has 0 amide bonds. The molecule has 0 saturated heterocycles. The Balaban J connectivity index is 2.78. The van der Waals surface area contributed by atoms with Gasteiger partial charge in [-0.25, -0.2) is 0 Å². The van der Waals surface area contributed by atoms with E-state index in [0.29, 0.717) is 12.5 Å². The van der Waals surface area contributed by atoms with Gasteiger partial charge in [0.05, 0.1) is 10.6 Å². The van der Waals surface area contributed by atoms with E-state index in [1.54, 1.807) is 0 Å². The number of hydrazine groups is 1. The minimum Gasteiger partial charge on any atom is -0.271 e. The first-order valence-corrected chi connectivity index (χ1v) is 4.27. The third-order valence-corrected chi connectivity index (χ3v) is 2.13. The minimum absolute atomic E-state index is 0.428. The van der Waals surface area contributed by atoms with Crippen LogP contribution >= 0.6 is 11.5 Å². The van der Waals surface area contributed by atoms with E-state index in [4.69, 9.17) is 5.84 Å². The zero-order valence-corrected chi connectivity index (χ0v) is 7.48. The summed E-state index contributed by atoms with van der Waals surface area (Å²) in [5.41, 5.74) is 3.64. The van der Waals surface area contributed by atoms with Crippen LogP contribution in [-0.4, -0.2) is 9.59 Å². The van der Waals surface area contributed by atoms with Crippen LogP contribution in [0.15, 0.2) is 0 Å². The fraction of sp³-hybridized carbons (Fsp3) is 0.667. The van der Waals surface area contributed by atoms with Gasteiger partial charge >= 0.3 is 0 Å². The second-order valence-corrected chi connectivity index (χ2v) is 3.46. The van der Waals surface area contributed by atoms with Crippen LogP contribution in [0.3, 0.4) is 0 Å². The van der Waals surface area contributed by atoms with Crippen LogP contribution in [0.5, 0.6) is 0 Å². The van der Waals surface area contributed by atoms with Crippen LogP contribution in [0.4, 0.5) is 0 Å². The van der Waals surface area contributed by atoms with Gasteiger partial charge < -0.3 is 0 Å². The van der Waals surface area contributed by atoms with Gasteiger partial charge in [-0.3, -0.25) is 11.3 Å². The summed E-state index contributed by atoms with van der Waals surface area (Å²) in [6.45, 7) is 4.85. The van der Waals surface area contributed by atoms with Gasteiger partial charge in [0, 0.05) is 6.54 Å². The molecule has 1 aromatic rings. The molecule has 3 N–H and O–H groups in total. The Hall–Kier alpha value is -0.520. The fourth-order valence-electron chi connectivity index (χ4n) is 0.869. The molecule has 0 atom stereocenters. The molecule has 0 aliphatic rings. The first-order valence-electron chi connectivity index (χ1n) is 3.50. The summed E-state index contributed by atoms with van der Waals surface area (Å²) in [5.74, 6) is 5.62. The fourth-order valence-corrected chi connectivity index (χ4v) is 1.61. The smallest absolute Gasteiger partial charge is 0.0826 e. The molecule has 1 aromatic heterocycles. The van der Waals surface area contributed by atoms with Gasteiger partial charge in [0.25, 0.3) is 0 Å². The molecule has 4 nitrogen and oxygen atoms in total. The lowest BCUT2D eigenvalue weighted by Crippen LogP contribution is -2.21. The molecule has 0 unspecified atom stereocenters. The molecule has 0 saturated carbocycles. The highest BCUT2D eigenvalue weighted by Gasteiger charge is 2.09. The largest absolute Gasteiger partial charge is 0.271 e. The summed E-state index contributed by atoms with van der Waals surface area (Å²) in [5, 5.41) is 4.01. The molecule has 0 radical (unpaired) electrons. The molecule has 0 bridgehead atoms. The molecule has 0 fully saturated rings. The van der Waals surface area contributed by atoms with Crippen molar-refractivity contribution in [2.24, 2.45) is 5.84 Å². The van der Waals surface area contributed by atoms with E-state index in [9.17, 15) is 0 Å². The van der Waals surface area contributed by atoms with Crippen molar-refractivity contribution in [2.75, 3.05) is 0 Å². The Labute approximate surface area is 69.9 Å². The van der Waals surface area contributed by atoms with Crippen LogP contribution in [-0.2, 0) is 6.54 Å². The number of nitrogens with one attached hydrogen (secondary N) is 1. The summed E-state index contributed by atoms with van der Waals surface area (Å²) in [7, 11) is 0. The lowest BCUT2D eigenvalue weighted by Gasteiger charge is -2.01. The van der Waals surface area contributed by atoms with Crippen LogP contribution in [0.2, 0.25) is 0 Å². The van der Waals surface area contributed by atoms with E-state index in [2.05, 4.69) is 28.9 Å². The summed E-state index contributed by atoms with van der Waals surface area (Å²) >= 11 is 1.40. The van der Waals surface area contributed by atoms with Crippen molar-refractivity contribution in [1.82, 2.24) is 15.0 Å². The van der Waals surface area contributed by atoms with E-state index in [1.165, 1.54) is 11.5 Å². The van der Waals surface area contributed by atoms with Crippen molar-refractivity contribution in [3.63, 3.8) is 0 Å². The summed E-state index contributed by atoms with van der Waals surface area (Å²) in [4.78, 5) is 1.13. The third-order valence-electron chi connectivity index (χ3n) is 1.39. The van der Waals surface area contributed by atoms with Gasteiger partial charge in [0.15, 0.2) is 0 Å². The van der Waals surface area contributed by atoms with E-state index in [-0.39, 0.29) is 0 Å². The van der Waals surface area contributed by atoms with Gasteiger partial charge in [-0.05, 0) is 17.5 Å². The number of nitrogens with zero attached hydrogens (tertiary/aromatic N) is 2. The molecule has 1 rings (SSSR count). The highest BCUT2D eigenvalue weighted by Crippen LogP contribution is 2.18. The highest BCUT2D eigenvalue weighted by molar-refractivity contribution is 7.05. The van der Waals surface area contributed by atoms with Crippen molar-refractivity contribution < 1.29 is 0 Å². The lowest BCUT2D eigenvalue weighted by molar-refractivity contribution is 0.721. The van der Waals surface area contributed by atoms with E-state index in [0.717, 1.165) is 10.6 Å². The average Bonchev–Trinajstić information content (AvgIpc) is 2.36. The van der Waals surface area contributed by atoms with Gasteiger partial charge in [-0.1, -0.05) is 18.3 Å². The third kappa shape index (κ3) is 1.95. The second kappa shape index (κ2) is 3.75. The van der Waals surface area contributed by atoms with Gasteiger partial charge in [-0.15, -0.1) is 5.10 Å². The number of nitrogens with two attached hydrogens (primary N) is 1. The molecule has 0 aromatic carbocycles. The predicted octanol–water partition coefficient (Wildman–Crippen LogP) is 0.625. The predicted molar refractivity (Wildman–Crippen MR) is 45.0 cm³/mol. The molecular formula is C6H12N4S. The highest BCUT2D eigenvalue weighted by atomic mass is 32.1. The maximum atomic E-state index is 5.19. The summed E-state index contributed by atoms with van der Waals surface area (Å²) in [6.07, 6.45) is 0. The number of hydrogen-bond acceptors (Lipinski definition) is 5. The number of aromatic nitrogens is 2. The van der Waals surface area contributed by atoms with Crippen molar-refractivity contribution in [3.05, 3.63) is 10.6 Å². The first-order chi connectivity index (χ1) is 5.25. The Morgan fingerprint density at radius 3 is 2.91 bits per heavy atom. The van der Waals surface area contributed by atoms with Crippen LogP contribution in [0, 0.1) is 0 Å². The van der Waals surface area contributed by atoms with Crippen LogP contribution in [0.1, 0.15) is 30.3 Å². The average molecular weight is 172 g/mol. The molecule has 0 spiro atoms. The van der Waals surface area contributed by atoms with Gasteiger partial charge in [-0.2, -0.15) is 0 Å².